The largest absolute Gasteiger partial charge is 0.416 e. The van der Waals surface area contributed by atoms with Crippen LogP contribution >= 0.6 is 0 Å². The van der Waals surface area contributed by atoms with Crippen LogP contribution in [0, 0.1) is 5.92 Å². The van der Waals surface area contributed by atoms with Crippen LogP contribution in [0.1, 0.15) is 36.0 Å². The van der Waals surface area contributed by atoms with E-state index in [4.69, 9.17) is 0 Å². The van der Waals surface area contributed by atoms with Crippen molar-refractivity contribution in [2.45, 2.75) is 38.4 Å². The Labute approximate surface area is 146 Å². The van der Waals surface area contributed by atoms with Gasteiger partial charge in [0.05, 0.1) is 5.56 Å². The number of piperidine rings is 1. The number of pyridine rings is 1. The van der Waals surface area contributed by atoms with Crippen LogP contribution in [0.15, 0.2) is 48.8 Å². The highest BCUT2D eigenvalue weighted by atomic mass is 19.4. The van der Waals surface area contributed by atoms with Crippen molar-refractivity contribution in [3.63, 3.8) is 0 Å². The van der Waals surface area contributed by atoms with Gasteiger partial charge in [0.25, 0.3) is 0 Å². The Kier molecular flexibility index (Phi) is 5.74. The third-order valence-corrected chi connectivity index (χ3v) is 4.85. The molecule has 2 heterocycles. The Hall–Kier alpha value is -1.88. The Morgan fingerprint density at radius 1 is 1.08 bits per heavy atom. The highest BCUT2D eigenvalue weighted by Crippen LogP contribution is 2.30. The van der Waals surface area contributed by atoms with E-state index in [1.165, 1.54) is 17.7 Å². The van der Waals surface area contributed by atoms with Gasteiger partial charge in [0.15, 0.2) is 0 Å². The lowest BCUT2D eigenvalue weighted by Gasteiger charge is -2.32. The topological polar surface area (TPSA) is 16.1 Å². The molecule has 2 aromatic rings. The first kappa shape index (κ1) is 17.9. The van der Waals surface area contributed by atoms with E-state index in [1.54, 1.807) is 6.07 Å². The van der Waals surface area contributed by atoms with E-state index in [-0.39, 0.29) is 0 Å². The van der Waals surface area contributed by atoms with E-state index < -0.39 is 11.7 Å². The van der Waals surface area contributed by atoms with E-state index >= 15 is 0 Å². The average Bonchev–Trinajstić information content (AvgIpc) is 2.61. The zero-order valence-corrected chi connectivity index (χ0v) is 14.2. The number of hydrogen-bond acceptors (Lipinski definition) is 2. The summed E-state index contributed by atoms with van der Waals surface area (Å²) in [6, 6.07) is 9.80. The second kappa shape index (κ2) is 8.00. The monoisotopic (exact) mass is 348 g/mol. The summed E-state index contributed by atoms with van der Waals surface area (Å²) in [5, 5.41) is 0. The van der Waals surface area contributed by atoms with Gasteiger partial charge in [-0.05, 0) is 67.5 Å². The summed E-state index contributed by atoms with van der Waals surface area (Å²) in [7, 11) is 0. The summed E-state index contributed by atoms with van der Waals surface area (Å²) in [5.74, 6) is 0.546. The minimum atomic E-state index is -4.26. The predicted octanol–water partition coefficient (Wildman–Crippen LogP) is 4.95. The zero-order valence-electron chi connectivity index (χ0n) is 14.2. The van der Waals surface area contributed by atoms with Crippen molar-refractivity contribution >= 4 is 0 Å². The van der Waals surface area contributed by atoms with Crippen LogP contribution < -0.4 is 0 Å². The van der Waals surface area contributed by atoms with Crippen LogP contribution in [-0.2, 0) is 19.1 Å². The van der Waals surface area contributed by atoms with Gasteiger partial charge < -0.3 is 0 Å². The van der Waals surface area contributed by atoms with Gasteiger partial charge in [-0.25, -0.2) is 0 Å². The van der Waals surface area contributed by atoms with Crippen molar-refractivity contribution < 1.29 is 13.2 Å². The Morgan fingerprint density at radius 3 is 2.64 bits per heavy atom. The number of benzene rings is 1. The highest BCUT2D eigenvalue weighted by Gasteiger charge is 2.30. The normalized spacial score (nSPS) is 19.1. The van der Waals surface area contributed by atoms with E-state index in [1.807, 2.05) is 24.5 Å². The SMILES string of the molecule is FC(F)(F)c1cccc(CC[C@H]2CCCN(Cc3ccncc3)C2)c1. The number of alkyl halides is 3. The summed E-state index contributed by atoms with van der Waals surface area (Å²) in [4.78, 5) is 6.48. The Balaban J connectivity index is 1.53. The predicted molar refractivity (Wildman–Crippen MR) is 92.0 cm³/mol. The van der Waals surface area contributed by atoms with Crippen molar-refractivity contribution in [3.05, 3.63) is 65.5 Å². The van der Waals surface area contributed by atoms with Gasteiger partial charge in [-0.2, -0.15) is 13.2 Å². The molecular formula is C20H23F3N2. The van der Waals surface area contributed by atoms with Crippen molar-refractivity contribution in [1.82, 2.24) is 9.88 Å². The van der Waals surface area contributed by atoms with Gasteiger partial charge in [-0.15, -0.1) is 0 Å². The average molecular weight is 348 g/mol. The summed E-state index contributed by atoms with van der Waals surface area (Å²) >= 11 is 0. The maximum atomic E-state index is 12.8. The minimum Gasteiger partial charge on any atom is -0.299 e. The third-order valence-electron chi connectivity index (χ3n) is 4.85. The molecule has 2 nitrogen and oxygen atoms in total. The summed E-state index contributed by atoms with van der Waals surface area (Å²) in [6.07, 6.45) is 3.31. The van der Waals surface area contributed by atoms with Crippen LogP contribution in [-0.4, -0.2) is 23.0 Å². The van der Waals surface area contributed by atoms with Crippen molar-refractivity contribution in [1.29, 1.82) is 0 Å². The summed E-state index contributed by atoms with van der Waals surface area (Å²) < 4.78 is 38.4. The maximum absolute atomic E-state index is 12.8. The number of aromatic nitrogens is 1. The number of nitrogens with zero attached hydrogens (tertiary/aromatic N) is 2. The van der Waals surface area contributed by atoms with Crippen LogP contribution in [0.5, 0.6) is 0 Å². The molecule has 0 bridgehead atoms. The maximum Gasteiger partial charge on any atom is 0.416 e. The fourth-order valence-corrected chi connectivity index (χ4v) is 3.55. The molecule has 0 aliphatic carbocycles. The molecule has 0 saturated carbocycles. The number of aryl methyl sites for hydroxylation is 1. The van der Waals surface area contributed by atoms with Crippen molar-refractivity contribution in [2.24, 2.45) is 5.92 Å². The standard InChI is InChI=1S/C20H23F3N2/c21-20(22,23)19-5-1-3-16(13-19)6-7-17-4-2-12-25(14-17)15-18-8-10-24-11-9-18/h1,3,5,8-11,13,17H,2,4,6-7,12,14-15H2/t17-/m1/s1. The molecular weight excluding hydrogens is 325 g/mol. The third kappa shape index (κ3) is 5.30. The van der Waals surface area contributed by atoms with Gasteiger partial charge >= 0.3 is 6.18 Å². The molecule has 1 fully saturated rings. The molecule has 1 atom stereocenters. The van der Waals surface area contributed by atoms with Crippen molar-refractivity contribution in [3.8, 4) is 0 Å². The number of hydrogen-bond donors (Lipinski definition) is 0. The molecule has 5 heteroatoms. The first-order chi connectivity index (χ1) is 12.0. The van der Waals surface area contributed by atoms with Gasteiger partial charge in [0, 0.05) is 25.5 Å². The van der Waals surface area contributed by atoms with Crippen molar-refractivity contribution in [2.75, 3.05) is 13.1 Å². The van der Waals surface area contributed by atoms with Crippen LogP contribution in [0.4, 0.5) is 13.2 Å². The quantitative estimate of drug-likeness (QED) is 0.760. The molecule has 1 saturated heterocycles. The smallest absolute Gasteiger partial charge is 0.299 e. The molecule has 0 amide bonds. The number of halogens is 3. The first-order valence-electron chi connectivity index (χ1n) is 8.78. The van der Waals surface area contributed by atoms with Gasteiger partial charge in [0.2, 0.25) is 0 Å². The van der Waals surface area contributed by atoms with Crippen LogP contribution in [0.25, 0.3) is 0 Å². The number of rotatable bonds is 5. The van der Waals surface area contributed by atoms with Gasteiger partial charge in [-0.3, -0.25) is 9.88 Å². The Bertz CT molecular complexity index is 670. The van der Waals surface area contributed by atoms with E-state index in [2.05, 4.69) is 9.88 Å². The molecule has 0 unspecified atom stereocenters. The molecule has 1 aromatic heterocycles. The molecule has 1 aromatic carbocycles. The molecule has 25 heavy (non-hydrogen) atoms. The van der Waals surface area contributed by atoms with E-state index in [9.17, 15) is 13.2 Å². The lowest BCUT2D eigenvalue weighted by Crippen LogP contribution is -2.35. The molecule has 134 valence electrons. The second-order valence-corrected chi connectivity index (χ2v) is 6.84. The van der Waals surface area contributed by atoms with E-state index in [0.717, 1.165) is 50.5 Å². The van der Waals surface area contributed by atoms with Gasteiger partial charge in [-0.1, -0.05) is 18.2 Å². The van der Waals surface area contributed by atoms with E-state index in [0.29, 0.717) is 12.3 Å². The molecule has 3 rings (SSSR count). The number of likely N-dealkylation sites (tertiary alicyclic amines) is 1. The molecule has 1 aliphatic rings. The summed E-state index contributed by atoms with van der Waals surface area (Å²) in [6.45, 7) is 3.02. The van der Waals surface area contributed by atoms with Gasteiger partial charge in [0.1, 0.15) is 0 Å². The minimum absolute atomic E-state index is 0.546. The lowest BCUT2D eigenvalue weighted by molar-refractivity contribution is -0.137. The molecule has 0 N–H and O–H groups in total. The summed E-state index contributed by atoms with van der Waals surface area (Å²) in [5.41, 5.74) is 1.49. The van der Waals surface area contributed by atoms with Crippen LogP contribution in [0.2, 0.25) is 0 Å². The zero-order chi connectivity index (χ0) is 17.7. The first-order valence-corrected chi connectivity index (χ1v) is 8.78. The fourth-order valence-electron chi connectivity index (χ4n) is 3.55. The van der Waals surface area contributed by atoms with Crippen LogP contribution in [0.3, 0.4) is 0 Å². The molecule has 0 spiro atoms. The molecule has 0 radical (unpaired) electrons. The fraction of sp³-hybridized carbons (Fsp3) is 0.450. The Morgan fingerprint density at radius 2 is 1.88 bits per heavy atom. The highest BCUT2D eigenvalue weighted by molar-refractivity contribution is 5.25. The molecule has 1 aliphatic heterocycles. The lowest BCUT2D eigenvalue weighted by atomic mass is 9.91. The second-order valence-electron chi connectivity index (χ2n) is 6.84.